The van der Waals surface area contributed by atoms with Gasteiger partial charge in [-0.25, -0.2) is 9.82 Å². The Morgan fingerprint density at radius 1 is 1.15 bits per heavy atom. The SMILES string of the molecule is O=C(NN=Cc1ccc(Cl)c(Cl)c1)c1cccc(F)c1. The Hall–Kier alpha value is -1.91. The lowest BCUT2D eigenvalue weighted by molar-refractivity contribution is 0.0954. The van der Waals surface area contributed by atoms with Crippen LogP contribution in [-0.2, 0) is 0 Å². The number of nitrogens with zero attached hydrogens (tertiary/aromatic N) is 1. The lowest BCUT2D eigenvalue weighted by Crippen LogP contribution is -2.17. The zero-order valence-corrected chi connectivity index (χ0v) is 11.6. The van der Waals surface area contributed by atoms with Gasteiger partial charge in [-0.3, -0.25) is 4.79 Å². The van der Waals surface area contributed by atoms with Gasteiger partial charge in [-0.15, -0.1) is 0 Å². The molecule has 0 saturated heterocycles. The quantitative estimate of drug-likeness (QED) is 0.678. The molecule has 0 saturated carbocycles. The highest BCUT2D eigenvalue weighted by molar-refractivity contribution is 6.42. The van der Waals surface area contributed by atoms with Gasteiger partial charge in [0.25, 0.3) is 5.91 Å². The van der Waals surface area contributed by atoms with Crippen LogP contribution in [0.4, 0.5) is 4.39 Å². The fraction of sp³-hybridized carbons (Fsp3) is 0. The van der Waals surface area contributed by atoms with Crippen LogP contribution in [0, 0.1) is 5.82 Å². The summed E-state index contributed by atoms with van der Waals surface area (Å²) in [4.78, 5) is 11.7. The normalized spacial score (nSPS) is 10.8. The summed E-state index contributed by atoms with van der Waals surface area (Å²) < 4.78 is 13.0. The monoisotopic (exact) mass is 310 g/mol. The van der Waals surface area contributed by atoms with E-state index in [0.717, 1.165) is 6.07 Å². The molecule has 0 spiro atoms. The van der Waals surface area contributed by atoms with Gasteiger partial charge in [-0.2, -0.15) is 5.10 Å². The van der Waals surface area contributed by atoms with E-state index in [1.54, 1.807) is 18.2 Å². The predicted molar refractivity (Wildman–Crippen MR) is 77.9 cm³/mol. The highest BCUT2D eigenvalue weighted by atomic mass is 35.5. The number of hydrogen-bond donors (Lipinski definition) is 1. The van der Waals surface area contributed by atoms with E-state index in [1.807, 2.05) is 0 Å². The highest BCUT2D eigenvalue weighted by Crippen LogP contribution is 2.21. The smallest absolute Gasteiger partial charge is 0.267 e. The molecule has 1 amide bonds. The number of carbonyl (C=O) groups is 1. The van der Waals surface area contributed by atoms with Gasteiger partial charge < -0.3 is 0 Å². The lowest BCUT2D eigenvalue weighted by atomic mass is 10.2. The fourth-order valence-corrected chi connectivity index (χ4v) is 1.76. The van der Waals surface area contributed by atoms with Crippen LogP contribution in [0.3, 0.4) is 0 Å². The maximum Gasteiger partial charge on any atom is 0.271 e. The summed E-state index contributed by atoms with van der Waals surface area (Å²) in [7, 11) is 0. The number of amides is 1. The van der Waals surface area contributed by atoms with Gasteiger partial charge in [-0.1, -0.05) is 35.3 Å². The van der Waals surface area contributed by atoms with Gasteiger partial charge in [0.15, 0.2) is 0 Å². The van der Waals surface area contributed by atoms with Crippen LogP contribution in [0.15, 0.2) is 47.6 Å². The van der Waals surface area contributed by atoms with Crippen molar-refractivity contribution in [1.29, 1.82) is 0 Å². The number of hydrogen-bond acceptors (Lipinski definition) is 2. The number of nitrogens with one attached hydrogen (secondary N) is 1. The third-order valence-electron chi connectivity index (χ3n) is 2.41. The van der Waals surface area contributed by atoms with Crippen molar-refractivity contribution in [2.45, 2.75) is 0 Å². The van der Waals surface area contributed by atoms with Crippen LogP contribution in [-0.4, -0.2) is 12.1 Å². The molecular weight excluding hydrogens is 302 g/mol. The molecule has 0 bridgehead atoms. The van der Waals surface area contributed by atoms with Gasteiger partial charge in [0.05, 0.1) is 16.3 Å². The molecule has 0 aliphatic rings. The van der Waals surface area contributed by atoms with E-state index in [2.05, 4.69) is 10.5 Å². The summed E-state index contributed by atoms with van der Waals surface area (Å²) in [6, 6.07) is 10.3. The first-order valence-electron chi connectivity index (χ1n) is 5.60. The molecule has 0 heterocycles. The molecule has 2 aromatic carbocycles. The molecule has 3 nitrogen and oxygen atoms in total. The zero-order chi connectivity index (χ0) is 14.5. The fourth-order valence-electron chi connectivity index (χ4n) is 1.45. The second-order valence-corrected chi connectivity index (χ2v) is 4.70. The number of rotatable bonds is 3. The lowest BCUT2D eigenvalue weighted by Gasteiger charge is -2.00. The van der Waals surface area contributed by atoms with E-state index < -0.39 is 11.7 Å². The summed E-state index contributed by atoms with van der Waals surface area (Å²) in [5, 5.41) is 4.60. The number of benzene rings is 2. The molecule has 0 aliphatic carbocycles. The molecule has 2 rings (SSSR count). The minimum atomic E-state index is -0.499. The van der Waals surface area contributed by atoms with Gasteiger partial charge in [0.2, 0.25) is 0 Å². The van der Waals surface area contributed by atoms with Gasteiger partial charge in [-0.05, 0) is 35.9 Å². The molecule has 20 heavy (non-hydrogen) atoms. The Morgan fingerprint density at radius 3 is 2.65 bits per heavy atom. The summed E-state index contributed by atoms with van der Waals surface area (Å²) in [5.41, 5.74) is 3.17. The molecular formula is C14H9Cl2FN2O. The highest BCUT2D eigenvalue weighted by Gasteiger charge is 2.04. The van der Waals surface area contributed by atoms with Gasteiger partial charge in [0, 0.05) is 5.56 Å². The van der Waals surface area contributed by atoms with Crippen molar-refractivity contribution in [3.05, 3.63) is 69.5 Å². The predicted octanol–water partition coefficient (Wildman–Crippen LogP) is 3.90. The Bertz CT molecular complexity index is 674. The Balaban J connectivity index is 2.02. The van der Waals surface area contributed by atoms with E-state index >= 15 is 0 Å². The van der Waals surface area contributed by atoms with E-state index in [9.17, 15) is 9.18 Å². The second kappa shape index (κ2) is 6.50. The van der Waals surface area contributed by atoms with Crippen LogP contribution in [0.1, 0.15) is 15.9 Å². The molecule has 0 radical (unpaired) electrons. The average Bonchev–Trinajstić information content (AvgIpc) is 2.42. The molecule has 0 aromatic heterocycles. The molecule has 2 aromatic rings. The molecule has 102 valence electrons. The summed E-state index contributed by atoms with van der Waals surface area (Å²) in [6.07, 6.45) is 1.42. The molecule has 1 N–H and O–H groups in total. The van der Waals surface area contributed by atoms with E-state index in [1.165, 1.54) is 24.4 Å². The van der Waals surface area contributed by atoms with Crippen LogP contribution in [0.2, 0.25) is 10.0 Å². The van der Waals surface area contributed by atoms with Crippen LogP contribution >= 0.6 is 23.2 Å². The van der Waals surface area contributed by atoms with Crippen LogP contribution in [0.5, 0.6) is 0 Å². The van der Waals surface area contributed by atoms with Crippen molar-refractivity contribution in [2.75, 3.05) is 0 Å². The summed E-state index contributed by atoms with van der Waals surface area (Å²) >= 11 is 11.6. The van der Waals surface area contributed by atoms with E-state index in [-0.39, 0.29) is 5.56 Å². The Kier molecular flexibility index (Phi) is 4.71. The van der Waals surface area contributed by atoms with Crippen molar-refractivity contribution in [1.82, 2.24) is 5.43 Å². The molecule has 0 fully saturated rings. The number of hydrazone groups is 1. The van der Waals surface area contributed by atoms with Crippen molar-refractivity contribution >= 4 is 35.3 Å². The maximum absolute atomic E-state index is 13.0. The topological polar surface area (TPSA) is 41.5 Å². The molecule has 0 aliphatic heterocycles. The third-order valence-corrected chi connectivity index (χ3v) is 3.15. The Labute approximate surface area is 125 Å². The second-order valence-electron chi connectivity index (χ2n) is 3.88. The third kappa shape index (κ3) is 3.79. The average molecular weight is 311 g/mol. The minimum absolute atomic E-state index is 0.191. The van der Waals surface area contributed by atoms with E-state index in [4.69, 9.17) is 23.2 Å². The maximum atomic E-state index is 13.0. The first-order chi connectivity index (χ1) is 9.56. The van der Waals surface area contributed by atoms with Gasteiger partial charge in [0.1, 0.15) is 5.82 Å². The molecule has 6 heteroatoms. The first-order valence-corrected chi connectivity index (χ1v) is 6.36. The van der Waals surface area contributed by atoms with Gasteiger partial charge >= 0.3 is 0 Å². The summed E-state index contributed by atoms with van der Waals surface area (Å²) in [6.45, 7) is 0. The van der Waals surface area contributed by atoms with Crippen molar-refractivity contribution < 1.29 is 9.18 Å². The van der Waals surface area contributed by atoms with Crippen molar-refractivity contribution in [3.8, 4) is 0 Å². The van der Waals surface area contributed by atoms with E-state index in [0.29, 0.717) is 15.6 Å². The van der Waals surface area contributed by atoms with Crippen LogP contribution < -0.4 is 5.43 Å². The first kappa shape index (κ1) is 14.5. The van der Waals surface area contributed by atoms with Crippen molar-refractivity contribution in [2.24, 2.45) is 5.10 Å². The van der Waals surface area contributed by atoms with Crippen LogP contribution in [0.25, 0.3) is 0 Å². The zero-order valence-electron chi connectivity index (χ0n) is 10.1. The van der Waals surface area contributed by atoms with Crippen molar-refractivity contribution in [3.63, 3.8) is 0 Å². The summed E-state index contributed by atoms with van der Waals surface area (Å²) in [5.74, 6) is -0.980. The molecule has 0 unspecified atom stereocenters. The minimum Gasteiger partial charge on any atom is -0.267 e. The number of carbonyl (C=O) groups excluding carboxylic acids is 1. The largest absolute Gasteiger partial charge is 0.271 e. The molecule has 0 atom stereocenters. The number of halogens is 3. The standard InChI is InChI=1S/C14H9Cl2FN2O/c15-12-5-4-9(6-13(12)16)8-18-19-14(20)10-2-1-3-11(17)7-10/h1-8H,(H,19,20). The Morgan fingerprint density at radius 2 is 1.95 bits per heavy atom.